The Morgan fingerprint density at radius 3 is 2.69 bits per heavy atom. The summed E-state index contributed by atoms with van der Waals surface area (Å²) in [6.45, 7) is 5.79. The number of amides is 1. The van der Waals surface area contributed by atoms with E-state index in [4.69, 9.17) is 14.2 Å². The average Bonchev–Trinajstić information content (AvgIpc) is 2.60. The van der Waals surface area contributed by atoms with Gasteiger partial charge < -0.3 is 19.5 Å². The summed E-state index contributed by atoms with van der Waals surface area (Å²) in [4.78, 5) is 12.7. The van der Waals surface area contributed by atoms with Gasteiger partial charge in [-0.05, 0) is 39.0 Å². The number of para-hydroxylation sites is 1. The molecule has 0 saturated heterocycles. The molecule has 1 N–H and O–H groups in total. The number of fused-ring (bicyclic) bond motifs is 1. The van der Waals surface area contributed by atoms with Gasteiger partial charge in [-0.15, -0.1) is 0 Å². The maximum absolute atomic E-state index is 12.7. The van der Waals surface area contributed by atoms with Crippen molar-refractivity contribution >= 4 is 5.91 Å². The summed E-state index contributed by atoms with van der Waals surface area (Å²) in [5, 5.41) is 3.10. The molecule has 0 fully saturated rings. The highest BCUT2D eigenvalue weighted by atomic mass is 16.5. The largest absolute Gasteiger partial charge is 0.497 e. The van der Waals surface area contributed by atoms with Crippen molar-refractivity contribution in [2.24, 2.45) is 0 Å². The number of hydrogen-bond acceptors (Lipinski definition) is 4. The van der Waals surface area contributed by atoms with Crippen molar-refractivity contribution in [2.75, 3.05) is 7.11 Å². The molecule has 0 saturated carbocycles. The third-order valence-electron chi connectivity index (χ3n) is 4.42. The van der Waals surface area contributed by atoms with Crippen LogP contribution in [-0.4, -0.2) is 24.7 Å². The van der Waals surface area contributed by atoms with Crippen LogP contribution in [0.25, 0.3) is 0 Å². The lowest BCUT2D eigenvalue weighted by molar-refractivity contribution is -0.128. The first kappa shape index (κ1) is 18.1. The maximum Gasteiger partial charge on any atom is 0.261 e. The summed E-state index contributed by atoms with van der Waals surface area (Å²) in [6.07, 6.45) is 0.0713. The van der Waals surface area contributed by atoms with Gasteiger partial charge in [0, 0.05) is 18.1 Å². The second-order valence-corrected chi connectivity index (χ2v) is 7.10. The molecule has 1 amide bonds. The molecular weight excluding hydrogens is 330 g/mol. The molecule has 2 atom stereocenters. The van der Waals surface area contributed by atoms with Gasteiger partial charge in [-0.1, -0.05) is 24.3 Å². The van der Waals surface area contributed by atoms with Gasteiger partial charge >= 0.3 is 0 Å². The Morgan fingerprint density at radius 2 is 1.92 bits per heavy atom. The van der Waals surface area contributed by atoms with Gasteiger partial charge in [-0.25, -0.2) is 0 Å². The molecule has 0 radical (unpaired) electrons. The summed E-state index contributed by atoms with van der Waals surface area (Å²) in [5.41, 5.74) is 0.650. The number of nitrogens with one attached hydrogen (secondary N) is 1. The van der Waals surface area contributed by atoms with Crippen molar-refractivity contribution in [3.05, 3.63) is 54.1 Å². The quantitative estimate of drug-likeness (QED) is 0.884. The minimum absolute atomic E-state index is 0.112. The number of methoxy groups -OCH3 is 1. The lowest BCUT2D eigenvalue weighted by atomic mass is 9.89. The Kier molecular flexibility index (Phi) is 5.07. The Labute approximate surface area is 154 Å². The molecule has 0 aliphatic carbocycles. The second-order valence-electron chi connectivity index (χ2n) is 7.10. The standard InChI is InChI=1S/C21H25NO4/c1-14(25-16-9-7-8-15(12-16)24-4)20(23)22-18-13-21(2,3)26-19-11-6-5-10-17(18)19/h5-12,14,18H,13H2,1-4H3,(H,22,23)/t14-,18+/m1/s1. The van der Waals surface area contributed by atoms with Crippen LogP contribution >= 0.6 is 0 Å². The van der Waals surface area contributed by atoms with E-state index in [1.54, 1.807) is 26.2 Å². The lowest BCUT2D eigenvalue weighted by Crippen LogP contribution is -2.44. The first-order chi connectivity index (χ1) is 12.4. The third-order valence-corrected chi connectivity index (χ3v) is 4.42. The zero-order chi connectivity index (χ0) is 18.7. The van der Waals surface area contributed by atoms with Crippen LogP contribution in [0, 0.1) is 0 Å². The molecule has 2 aromatic carbocycles. The highest BCUT2D eigenvalue weighted by Gasteiger charge is 2.35. The molecule has 138 valence electrons. The van der Waals surface area contributed by atoms with E-state index >= 15 is 0 Å². The smallest absolute Gasteiger partial charge is 0.261 e. The van der Waals surface area contributed by atoms with Crippen LogP contribution in [0.2, 0.25) is 0 Å². The fraction of sp³-hybridized carbons (Fsp3) is 0.381. The normalized spacial score (nSPS) is 18.8. The fourth-order valence-electron chi connectivity index (χ4n) is 3.15. The van der Waals surface area contributed by atoms with E-state index in [0.29, 0.717) is 17.9 Å². The number of rotatable bonds is 5. The minimum Gasteiger partial charge on any atom is -0.497 e. The molecule has 5 heteroatoms. The summed E-state index contributed by atoms with van der Waals surface area (Å²) >= 11 is 0. The number of carbonyl (C=O) groups excluding carboxylic acids is 1. The van der Waals surface area contributed by atoms with Crippen molar-refractivity contribution in [2.45, 2.75) is 44.9 Å². The van der Waals surface area contributed by atoms with Gasteiger partial charge in [0.15, 0.2) is 6.10 Å². The number of ether oxygens (including phenoxy) is 3. The predicted octanol–water partition coefficient (Wildman–Crippen LogP) is 3.88. The Morgan fingerprint density at radius 1 is 1.19 bits per heavy atom. The van der Waals surface area contributed by atoms with Gasteiger partial charge in [0.2, 0.25) is 0 Å². The zero-order valence-corrected chi connectivity index (χ0v) is 15.6. The van der Waals surface area contributed by atoms with Crippen molar-refractivity contribution < 1.29 is 19.0 Å². The van der Waals surface area contributed by atoms with Gasteiger partial charge in [-0.3, -0.25) is 4.79 Å². The second kappa shape index (κ2) is 7.28. The van der Waals surface area contributed by atoms with Gasteiger partial charge in [0.25, 0.3) is 5.91 Å². The van der Waals surface area contributed by atoms with Crippen LogP contribution in [0.15, 0.2) is 48.5 Å². The molecule has 2 aromatic rings. The number of benzene rings is 2. The molecule has 0 spiro atoms. The predicted molar refractivity (Wildman–Crippen MR) is 99.7 cm³/mol. The van der Waals surface area contributed by atoms with Crippen LogP contribution in [-0.2, 0) is 4.79 Å². The molecule has 26 heavy (non-hydrogen) atoms. The van der Waals surface area contributed by atoms with Crippen molar-refractivity contribution in [1.82, 2.24) is 5.32 Å². The van der Waals surface area contributed by atoms with Crippen molar-refractivity contribution in [1.29, 1.82) is 0 Å². The first-order valence-corrected chi connectivity index (χ1v) is 8.77. The Hall–Kier alpha value is -2.69. The average molecular weight is 355 g/mol. The molecule has 0 unspecified atom stereocenters. The fourth-order valence-corrected chi connectivity index (χ4v) is 3.15. The summed E-state index contributed by atoms with van der Waals surface area (Å²) in [6, 6.07) is 14.9. The Bertz CT molecular complexity index is 787. The summed E-state index contributed by atoms with van der Waals surface area (Å²) in [7, 11) is 1.60. The number of hydrogen-bond donors (Lipinski definition) is 1. The summed E-state index contributed by atoms with van der Waals surface area (Å²) in [5.74, 6) is 1.94. The maximum atomic E-state index is 12.7. The minimum atomic E-state index is -0.625. The van der Waals surface area contributed by atoms with E-state index in [2.05, 4.69) is 5.32 Å². The first-order valence-electron chi connectivity index (χ1n) is 8.77. The van der Waals surface area contributed by atoms with E-state index in [1.165, 1.54) is 0 Å². The van der Waals surface area contributed by atoms with Gasteiger partial charge in [0.1, 0.15) is 22.8 Å². The van der Waals surface area contributed by atoms with Gasteiger partial charge in [0.05, 0.1) is 13.2 Å². The van der Waals surface area contributed by atoms with E-state index in [-0.39, 0.29) is 17.6 Å². The molecule has 3 rings (SSSR count). The topological polar surface area (TPSA) is 56.8 Å². The molecule has 1 heterocycles. The highest BCUT2D eigenvalue weighted by Crippen LogP contribution is 2.39. The van der Waals surface area contributed by atoms with Crippen LogP contribution < -0.4 is 19.5 Å². The van der Waals surface area contributed by atoms with Crippen molar-refractivity contribution in [3.8, 4) is 17.2 Å². The monoisotopic (exact) mass is 355 g/mol. The highest BCUT2D eigenvalue weighted by molar-refractivity contribution is 5.81. The molecule has 1 aliphatic heterocycles. The van der Waals surface area contributed by atoms with E-state index < -0.39 is 6.10 Å². The Balaban J connectivity index is 1.70. The molecular formula is C21H25NO4. The zero-order valence-electron chi connectivity index (χ0n) is 15.6. The van der Waals surface area contributed by atoms with Crippen LogP contribution in [0.4, 0.5) is 0 Å². The molecule has 0 bridgehead atoms. The molecule has 0 aromatic heterocycles. The molecule has 5 nitrogen and oxygen atoms in total. The molecule has 1 aliphatic rings. The third kappa shape index (κ3) is 4.10. The summed E-state index contributed by atoms with van der Waals surface area (Å²) < 4.78 is 17.0. The van der Waals surface area contributed by atoms with E-state index in [1.807, 2.05) is 50.2 Å². The number of carbonyl (C=O) groups is 1. The van der Waals surface area contributed by atoms with Crippen LogP contribution in [0.3, 0.4) is 0 Å². The van der Waals surface area contributed by atoms with E-state index in [0.717, 1.165) is 11.3 Å². The van der Waals surface area contributed by atoms with Crippen LogP contribution in [0.1, 0.15) is 38.8 Å². The van der Waals surface area contributed by atoms with Gasteiger partial charge in [-0.2, -0.15) is 0 Å². The lowest BCUT2D eigenvalue weighted by Gasteiger charge is -2.38. The van der Waals surface area contributed by atoms with E-state index in [9.17, 15) is 4.79 Å². The van der Waals surface area contributed by atoms with Crippen molar-refractivity contribution in [3.63, 3.8) is 0 Å². The van der Waals surface area contributed by atoms with Crippen LogP contribution in [0.5, 0.6) is 17.2 Å². The SMILES string of the molecule is COc1cccc(O[C@H](C)C(=O)N[C@H]2CC(C)(C)Oc3ccccc32)c1.